The van der Waals surface area contributed by atoms with Crippen molar-refractivity contribution < 1.29 is 4.79 Å². The molecule has 1 atom stereocenters. The molecule has 0 spiro atoms. The molecule has 0 saturated carbocycles. The Morgan fingerprint density at radius 2 is 2.16 bits per heavy atom. The standard InChI is InChI=1S/C16H22N2O/c19-16(18-15-5-2-8-17-11-15)10-12-6-7-13-3-1-4-14(13)9-12/h6-7,9,15,17H,1-5,8,10-11H2,(H,18,19)/t15-/m0/s1. The summed E-state index contributed by atoms with van der Waals surface area (Å²) >= 11 is 0. The van der Waals surface area contributed by atoms with E-state index in [0.29, 0.717) is 12.5 Å². The summed E-state index contributed by atoms with van der Waals surface area (Å²) in [4.78, 5) is 12.0. The van der Waals surface area contributed by atoms with Crippen molar-refractivity contribution in [1.29, 1.82) is 0 Å². The van der Waals surface area contributed by atoms with Crippen LogP contribution in [0.5, 0.6) is 0 Å². The number of nitrogens with one attached hydrogen (secondary N) is 2. The van der Waals surface area contributed by atoms with E-state index >= 15 is 0 Å². The van der Waals surface area contributed by atoms with Crippen LogP contribution in [0.15, 0.2) is 18.2 Å². The smallest absolute Gasteiger partial charge is 0.224 e. The van der Waals surface area contributed by atoms with Gasteiger partial charge in [0.2, 0.25) is 5.91 Å². The van der Waals surface area contributed by atoms with Gasteiger partial charge in [-0.05, 0) is 55.3 Å². The number of hydrogen-bond acceptors (Lipinski definition) is 2. The van der Waals surface area contributed by atoms with Gasteiger partial charge in [0.1, 0.15) is 0 Å². The van der Waals surface area contributed by atoms with E-state index in [2.05, 4.69) is 28.8 Å². The van der Waals surface area contributed by atoms with Crippen molar-refractivity contribution in [1.82, 2.24) is 10.6 Å². The van der Waals surface area contributed by atoms with Gasteiger partial charge < -0.3 is 10.6 Å². The summed E-state index contributed by atoms with van der Waals surface area (Å²) < 4.78 is 0. The molecule has 1 saturated heterocycles. The predicted octanol–water partition coefficient (Wildman–Crippen LogP) is 1.59. The summed E-state index contributed by atoms with van der Waals surface area (Å²) in [7, 11) is 0. The normalized spacial score (nSPS) is 22.0. The molecule has 1 heterocycles. The highest BCUT2D eigenvalue weighted by Crippen LogP contribution is 2.23. The summed E-state index contributed by atoms with van der Waals surface area (Å²) in [6, 6.07) is 6.85. The molecule has 2 N–H and O–H groups in total. The molecular weight excluding hydrogens is 236 g/mol. The Morgan fingerprint density at radius 1 is 1.26 bits per heavy atom. The average molecular weight is 258 g/mol. The number of carbonyl (C=O) groups is 1. The predicted molar refractivity (Wildman–Crippen MR) is 76.2 cm³/mol. The van der Waals surface area contributed by atoms with E-state index in [1.165, 1.54) is 30.4 Å². The molecule has 1 aliphatic carbocycles. The quantitative estimate of drug-likeness (QED) is 0.864. The van der Waals surface area contributed by atoms with E-state index in [4.69, 9.17) is 0 Å². The summed E-state index contributed by atoms with van der Waals surface area (Å²) in [5, 5.41) is 6.46. The molecule has 1 aromatic rings. The van der Waals surface area contributed by atoms with Gasteiger partial charge in [-0.1, -0.05) is 18.2 Å². The zero-order valence-corrected chi connectivity index (χ0v) is 11.4. The van der Waals surface area contributed by atoms with E-state index in [1.54, 1.807) is 0 Å². The first-order valence-electron chi connectivity index (χ1n) is 7.42. The largest absolute Gasteiger partial charge is 0.352 e. The molecule has 3 heteroatoms. The minimum absolute atomic E-state index is 0.159. The lowest BCUT2D eigenvalue weighted by atomic mass is 10.0. The summed E-state index contributed by atoms with van der Waals surface area (Å²) in [6.45, 7) is 1.99. The minimum atomic E-state index is 0.159. The Labute approximate surface area is 114 Å². The Bertz CT molecular complexity index is 464. The Balaban J connectivity index is 1.56. The number of amides is 1. The first-order chi connectivity index (χ1) is 9.31. The summed E-state index contributed by atoms with van der Waals surface area (Å²) in [6.07, 6.45) is 6.42. The first kappa shape index (κ1) is 12.7. The highest BCUT2D eigenvalue weighted by Gasteiger charge is 2.16. The van der Waals surface area contributed by atoms with E-state index < -0.39 is 0 Å². The van der Waals surface area contributed by atoms with E-state index in [-0.39, 0.29) is 5.91 Å². The zero-order valence-electron chi connectivity index (χ0n) is 11.4. The van der Waals surface area contributed by atoms with E-state index in [0.717, 1.165) is 31.5 Å². The van der Waals surface area contributed by atoms with Crippen LogP contribution in [0.25, 0.3) is 0 Å². The van der Waals surface area contributed by atoms with Crippen LogP contribution in [0.2, 0.25) is 0 Å². The summed E-state index contributed by atoms with van der Waals surface area (Å²) in [5.74, 6) is 0.159. The van der Waals surface area contributed by atoms with Gasteiger partial charge >= 0.3 is 0 Å². The fourth-order valence-electron chi connectivity index (χ4n) is 3.17. The SMILES string of the molecule is O=C(Cc1ccc2c(c1)CCC2)N[C@H]1CCCNC1. The fraction of sp³-hybridized carbons (Fsp3) is 0.562. The van der Waals surface area contributed by atoms with Gasteiger partial charge in [0.05, 0.1) is 6.42 Å². The molecule has 3 rings (SSSR count). The third-order valence-corrected chi connectivity index (χ3v) is 4.19. The first-order valence-corrected chi connectivity index (χ1v) is 7.42. The Kier molecular flexibility index (Phi) is 3.83. The van der Waals surface area contributed by atoms with Crippen LogP contribution in [-0.4, -0.2) is 25.0 Å². The van der Waals surface area contributed by atoms with Crippen molar-refractivity contribution in [2.75, 3.05) is 13.1 Å². The van der Waals surface area contributed by atoms with E-state index in [9.17, 15) is 4.79 Å². The molecule has 0 aromatic heterocycles. The monoisotopic (exact) mass is 258 g/mol. The van der Waals surface area contributed by atoms with Crippen molar-refractivity contribution in [3.63, 3.8) is 0 Å². The minimum Gasteiger partial charge on any atom is -0.352 e. The highest BCUT2D eigenvalue weighted by atomic mass is 16.1. The molecule has 0 bridgehead atoms. The Hall–Kier alpha value is -1.35. The average Bonchev–Trinajstić information content (AvgIpc) is 2.87. The number of benzene rings is 1. The number of fused-ring (bicyclic) bond motifs is 1. The lowest BCUT2D eigenvalue weighted by Crippen LogP contribution is -2.46. The maximum absolute atomic E-state index is 12.0. The second-order valence-corrected chi connectivity index (χ2v) is 5.74. The maximum atomic E-state index is 12.0. The topological polar surface area (TPSA) is 41.1 Å². The van der Waals surface area contributed by atoms with Crippen molar-refractivity contribution >= 4 is 5.91 Å². The van der Waals surface area contributed by atoms with Gasteiger partial charge in [-0.15, -0.1) is 0 Å². The number of rotatable bonds is 3. The van der Waals surface area contributed by atoms with Gasteiger partial charge in [0.25, 0.3) is 0 Å². The zero-order chi connectivity index (χ0) is 13.1. The number of aryl methyl sites for hydroxylation is 2. The number of carbonyl (C=O) groups excluding carboxylic acids is 1. The van der Waals surface area contributed by atoms with Gasteiger partial charge in [-0.3, -0.25) is 4.79 Å². The van der Waals surface area contributed by atoms with Crippen LogP contribution in [0.3, 0.4) is 0 Å². The van der Waals surface area contributed by atoms with Crippen LogP contribution in [0.1, 0.15) is 36.0 Å². The van der Waals surface area contributed by atoms with Gasteiger partial charge in [-0.2, -0.15) is 0 Å². The van der Waals surface area contributed by atoms with Crippen LogP contribution >= 0.6 is 0 Å². The lowest BCUT2D eigenvalue weighted by molar-refractivity contribution is -0.121. The molecule has 3 nitrogen and oxygen atoms in total. The second-order valence-electron chi connectivity index (χ2n) is 5.74. The lowest BCUT2D eigenvalue weighted by Gasteiger charge is -2.23. The maximum Gasteiger partial charge on any atom is 0.224 e. The van der Waals surface area contributed by atoms with Gasteiger partial charge in [0, 0.05) is 12.6 Å². The number of piperidine rings is 1. The molecule has 1 fully saturated rings. The molecule has 1 amide bonds. The molecule has 19 heavy (non-hydrogen) atoms. The van der Waals surface area contributed by atoms with Crippen molar-refractivity contribution in [2.24, 2.45) is 0 Å². The van der Waals surface area contributed by atoms with E-state index in [1.807, 2.05) is 0 Å². The van der Waals surface area contributed by atoms with Crippen molar-refractivity contribution in [3.05, 3.63) is 34.9 Å². The van der Waals surface area contributed by atoms with Crippen LogP contribution < -0.4 is 10.6 Å². The van der Waals surface area contributed by atoms with Crippen molar-refractivity contribution in [3.8, 4) is 0 Å². The molecule has 0 radical (unpaired) electrons. The molecule has 2 aliphatic rings. The van der Waals surface area contributed by atoms with Crippen LogP contribution in [0.4, 0.5) is 0 Å². The van der Waals surface area contributed by atoms with Crippen LogP contribution in [0, 0.1) is 0 Å². The molecule has 0 unspecified atom stereocenters. The van der Waals surface area contributed by atoms with Crippen LogP contribution in [-0.2, 0) is 24.1 Å². The number of hydrogen-bond donors (Lipinski definition) is 2. The fourth-order valence-corrected chi connectivity index (χ4v) is 3.17. The third-order valence-electron chi connectivity index (χ3n) is 4.19. The molecule has 1 aromatic carbocycles. The molecule has 1 aliphatic heterocycles. The highest BCUT2D eigenvalue weighted by molar-refractivity contribution is 5.79. The van der Waals surface area contributed by atoms with Gasteiger partial charge in [-0.25, -0.2) is 0 Å². The molecular formula is C16H22N2O. The van der Waals surface area contributed by atoms with Crippen molar-refractivity contribution in [2.45, 2.75) is 44.6 Å². The molecule has 102 valence electrons. The second kappa shape index (κ2) is 5.74. The third kappa shape index (κ3) is 3.16. The van der Waals surface area contributed by atoms with Gasteiger partial charge in [0.15, 0.2) is 0 Å². The summed E-state index contributed by atoms with van der Waals surface area (Å²) in [5.41, 5.74) is 4.08. The Morgan fingerprint density at radius 3 is 3.00 bits per heavy atom.